The van der Waals surface area contributed by atoms with Crippen molar-refractivity contribution in [2.75, 3.05) is 25.5 Å². The van der Waals surface area contributed by atoms with Gasteiger partial charge < -0.3 is 9.67 Å². The van der Waals surface area contributed by atoms with Gasteiger partial charge in [0, 0.05) is 47.5 Å². The quantitative estimate of drug-likeness (QED) is 0.669. The first-order valence-corrected chi connectivity index (χ1v) is 11.7. The maximum absolute atomic E-state index is 13.8. The smallest absolute Gasteiger partial charge is 0.227 e. The van der Waals surface area contributed by atoms with Gasteiger partial charge in [-0.3, -0.25) is 4.90 Å². The van der Waals surface area contributed by atoms with E-state index >= 15 is 0 Å². The average Bonchev–Trinajstić information content (AvgIpc) is 3.49. The lowest BCUT2D eigenvalue weighted by atomic mass is 10.1. The van der Waals surface area contributed by atoms with E-state index in [2.05, 4.69) is 0 Å². The number of rotatable bonds is 5. The predicted octanol–water partition coefficient (Wildman–Crippen LogP) is 2.50. The molecule has 1 saturated heterocycles. The van der Waals surface area contributed by atoms with Gasteiger partial charge in [0.2, 0.25) is 10.0 Å². The zero-order valence-corrected chi connectivity index (χ0v) is 17.2. The number of halogens is 2. The van der Waals surface area contributed by atoms with Crippen LogP contribution in [0.1, 0.15) is 12.8 Å². The molecule has 9 heteroatoms. The molecule has 2 fully saturated rings. The van der Waals surface area contributed by atoms with E-state index in [1.165, 1.54) is 28.6 Å². The van der Waals surface area contributed by atoms with Crippen molar-refractivity contribution in [2.24, 2.45) is 0 Å². The average molecular weight is 435 g/mol. The van der Waals surface area contributed by atoms with Gasteiger partial charge in [0.1, 0.15) is 17.5 Å². The first kappa shape index (κ1) is 19.9. The van der Waals surface area contributed by atoms with Crippen molar-refractivity contribution in [1.29, 1.82) is 0 Å². The van der Waals surface area contributed by atoms with Gasteiger partial charge in [-0.15, -0.1) is 0 Å². The summed E-state index contributed by atoms with van der Waals surface area (Å²) in [6.07, 6.45) is 1.14. The standard InChI is InChI=1S/C21H23F2N3O3S/c22-14-1-5-20-18(9-14)19-10-15(23)2-6-21(19)26(20)12-17(27)11-25-8-7-24(16-3-4-16)13-30(25,28)29/h1-2,5-6,9-10,16-17,27H,3-4,7-8,11-13H2. The molecule has 5 rings (SSSR count). The number of sulfonamides is 1. The monoisotopic (exact) mass is 435 g/mol. The molecular formula is C21H23F2N3O3S. The molecule has 0 bridgehead atoms. The molecule has 3 aromatic rings. The van der Waals surface area contributed by atoms with Crippen LogP contribution < -0.4 is 0 Å². The summed E-state index contributed by atoms with van der Waals surface area (Å²) in [4.78, 5) is 1.99. The lowest BCUT2D eigenvalue weighted by Crippen LogP contribution is -2.52. The predicted molar refractivity (Wildman–Crippen MR) is 110 cm³/mol. The minimum atomic E-state index is -3.46. The van der Waals surface area contributed by atoms with Crippen LogP contribution in [0.3, 0.4) is 0 Å². The van der Waals surface area contributed by atoms with E-state index in [0.717, 1.165) is 12.8 Å². The molecule has 1 N–H and O–H groups in total. The van der Waals surface area contributed by atoms with Gasteiger partial charge in [-0.2, -0.15) is 4.31 Å². The Morgan fingerprint density at radius 1 is 0.967 bits per heavy atom. The van der Waals surface area contributed by atoms with Gasteiger partial charge >= 0.3 is 0 Å². The summed E-state index contributed by atoms with van der Waals surface area (Å²) >= 11 is 0. The molecule has 1 saturated carbocycles. The molecule has 0 spiro atoms. The Bertz CT molecular complexity index is 1160. The van der Waals surface area contributed by atoms with E-state index in [4.69, 9.17) is 0 Å². The molecular weight excluding hydrogens is 412 g/mol. The number of benzene rings is 2. The van der Waals surface area contributed by atoms with Crippen molar-refractivity contribution >= 4 is 31.8 Å². The van der Waals surface area contributed by atoms with Crippen molar-refractivity contribution in [1.82, 2.24) is 13.8 Å². The largest absolute Gasteiger partial charge is 0.390 e. The van der Waals surface area contributed by atoms with Crippen LogP contribution in [0.4, 0.5) is 8.78 Å². The first-order valence-electron chi connectivity index (χ1n) is 10.1. The Morgan fingerprint density at radius 2 is 1.57 bits per heavy atom. The van der Waals surface area contributed by atoms with Crippen molar-refractivity contribution < 1.29 is 22.3 Å². The highest BCUT2D eigenvalue weighted by Gasteiger charge is 2.38. The lowest BCUT2D eigenvalue weighted by Gasteiger charge is -2.35. The summed E-state index contributed by atoms with van der Waals surface area (Å²) in [6.45, 7) is 1.14. The summed E-state index contributed by atoms with van der Waals surface area (Å²) in [7, 11) is -3.46. The van der Waals surface area contributed by atoms with E-state index in [0.29, 0.717) is 40.9 Å². The second-order valence-corrected chi connectivity index (χ2v) is 10.2. The van der Waals surface area contributed by atoms with Crippen molar-refractivity contribution in [3.63, 3.8) is 0 Å². The van der Waals surface area contributed by atoms with Gasteiger partial charge in [-0.05, 0) is 49.2 Å². The SMILES string of the molecule is O=S1(=O)CN(C2CC2)CCN1CC(O)Cn1c2ccc(F)cc2c2cc(F)ccc21. The van der Waals surface area contributed by atoms with E-state index in [9.17, 15) is 22.3 Å². The van der Waals surface area contributed by atoms with Crippen LogP contribution in [0.5, 0.6) is 0 Å². The van der Waals surface area contributed by atoms with Crippen molar-refractivity contribution in [2.45, 2.75) is 31.5 Å². The molecule has 1 aliphatic carbocycles. The highest BCUT2D eigenvalue weighted by molar-refractivity contribution is 7.89. The van der Waals surface area contributed by atoms with Crippen molar-refractivity contribution in [3.8, 4) is 0 Å². The molecule has 1 unspecified atom stereocenters. The van der Waals surface area contributed by atoms with Gasteiger partial charge in [0.05, 0.1) is 12.6 Å². The molecule has 1 aliphatic heterocycles. The summed E-state index contributed by atoms with van der Waals surface area (Å²) in [5, 5.41) is 11.8. The van der Waals surface area contributed by atoms with E-state index in [-0.39, 0.29) is 19.0 Å². The summed E-state index contributed by atoms with van der Waals surface area (Å²) in [5.41, 5.74) is 1.33. The van der Waals surface area contributed by atoms with Gasteiger partial charge in [0.15, 0.2) is 0 Å². The molecule has 6 nitrogen and oxygen atoms in total. The number of hydrogen-bond donors (Lipinski definition) is 1. The van der Waals surface area contributed by atoms with E-state index in [1.54, 1.807) is 16.7 Å². The minimum Gasteiger partial charge on any atom is -0.390 e. The normalized spacial score (nSPS) is 21.4. The number of fused-ring (bicyclic) bond motifs is 3. The maximum Gasteiger partial charge on any atom is 0.227 e. The highest BCUT2D eigenvalue weighted by Crippen LogP contribution is 2.31. The Balaban J connectivity index is 1.41. The Morgan fingerprint density at radius 3 is 2.10 bits per heavy atom. The van der Waals surface area contributed by atoms with E-state index < -0.39 is 27.8 Å². The lowest BCUT2D eigenvalue weighted by molar-refractivity contribution is 0.119. The molecule has 2 heterocycles. The Hall–Kier alpha value is -2.07. The Labute approximate surface area is 173 Å². The van der Waals surface area contributed by atoms with Gasteiger partial charge in [-0.1, -0.05) is 0 Å². The van der Waals surface area contributed by atoms with Crippen LogP contribution in [0.2, 0.25) is 0 Å². The number of aliphatic hydroxyl groups is 1. The van der Waals surface area contributed by atoms with Crippen LogP contribution in [0.25, 0.3) is 21.8 Å². The number of β-amino-alcohol motifs (C(OH)–C–C–N with tert-alkyl or cyclic N) is 1. The molecule has 0 amide bonds. The topological polar surface area (TPSA) is 65.8 Å². The third kappa shape index (κ3) is 3.60. The summed E-state index contributed by atoms with van der Waals surface area (Å²) < 4.78 is 56.0. The fraction of sp³-hybridized carbons (Fsp3) is 0.429. The first-order chi connectivity index (χ1) is 14.3. The zero-order valence-electron chi connectivity index (χ0n) is 16.3. The van der Waals surface area contributed by atoms with Crippen LogP contribution in [-0.4, -0.2) is 65.0 Å². The zero-order chi connectivity index (χ0) is 21.0. The molecule has 2 aliphatic rings. The van der Waals surface area contributed by atoms with Crippen LogP contribution in [-0.2, 0) is 16.6 Å². The molecule has 30 heavy (non-hydrogen) atoms. The Kier molecular flexibility index (Phi) is 4.81. The number of hydrogen-bond acceptors (Lipinski definition) is 4. The third-order valence-corrected chi connectivity index (χ3v) is 7.80. The maximum atomic E-state index is 13.8. The molecule has 1 aromatic heterocycles. The summed E-state index contributed by atoms with van der Waals surface area (Å²) in [6, 6.07) is 8.92. The fourth-order valence-electron chi connectivity index (χ4n) is 4.42. The fourth-order valence-corrected chi connectivity index (χ4v) is 6.10. The molecule has 2 aromatic carbocycles. The third-order valence-electron chi connectivity index (χ3n) is 6.02. The molecule has 1 atom stereocenters. The van der Waals surface area contributed by atoms with E-state index in [1.807, 2.05) is 4.90 Å². The minimum absolute atomic E-state index is 0.00167. The molecule has 0 radical (unpaired) electrons. The van der Waals surface area contributed by atoms with Crippen molar-refractivity contribution in [3.05, 3.63) is 48.0 Å². The number of aromatic nitrogens is 1. The highest BCUT2D eigenvalue weighted by atomic mass is 32.2. The second-order valence-electron chi connectivity index (χ2n) is 8.23. The van der Waals surface area contributed by atoms with Crippen LogP contribution in [0, 0.1) is 11.6 Å². The second kappa shape index (κ2) is 7.26. The van der Waals surface area contributed by atoms with Gasteiger partial charge in [-0.25, -0.2) is 17.2 Å². The van der Waals surface area contributed by atoms with Crippen LogP contribution >= 0.6 is 0 Å². The molecule has 160 valence electrons. The van der Waals surface area contributed by atoms with Crippen LogP contribution in [0.15, 0.2) is 36.4 Å². The number of aliphatic hydroxyl groups excluding tert-OH is 1. The van der Waals surface area contributed by atoms with Gasteiger partial charge in [0.25, 0.3) is 0 Å². The summed E-state index contributed by atoms with van der Waals surface area (Å²) in [5.74, 6) is -0.852. The number of nitrogens with zero attached hydrogens (tertiary/aromatic N) is 3.